The van der Waals surface area contributed by atoms with E-state index in [0.717, 1.165) is 5.56 Å². The van der Waals surface area contributed by atoms with Crippen molar-refractivity contribution in [2.75, 3.05) is 7.05 Å². The fourth-order valence-electron chi connectivity index (χ4n) is 2.39. The smallest absolute Gasteiger partial charge is 0.271 e. The summed E-state index contributed by atoms with van der Waals surface area (Å²) in [6, 6.07) is 9.90. The molecule has 148 valence electrons. The summed E-state index contributed by atoms with van der Waals surface area (Å²) in [7, 11) is -1.97. The lowest BCUT2D eigenvalue weighted by Crippen LogP contribution is -2.33. The average Bonchev–Trinajstić information content (AvgIpc) is 3.37. The summed E-state index contributed by atoms with van der Waals surface area (Å²) in [6.07, 6.45) is 1.55. The number of hydrogen-bond acceptors (Lipinski definition) is 6. The van der Waals surface area contributed by atoms with E-state index in [1.807, 2.05) is 13.8 Å². The van der Waals surface area contributed by atoms with Crippen LogP contribution in [0, 0.1) is 0 Å². The standard InChI is InChI=1S/C19H21N3O4S2/c1-13(2)22(3)28(24,25)15-8-6-14(7-9-15)11-20-18(23)16-12-27-19(21-16)17-5-4-10-26-17/h4-10,12-13H,11H2,1-3H3,(H,20,23). The van der Waals surface area contributed by atoms with Gasteiger partial charge >= 0.3 is 0 Å². The first-order valence-corrected chi connectivity index (χ1v) is 11.0. The molecule has 0 saturated heterocycles. The molecule has 1 N–H and O–H groups in total. The SMILES string of the molecule is CC(C)N(C)S(=O)(=O)c1ccc(CNC(=O)c2csc(-c3ccco3)n2)cc1. The van der Waals surface area contributed by atoms with E-state index in [1.165, 1.54) is 15.6 Å². The van der Waals surface area contributed by atoms with Gasteiger partial charge in [0.1, 0.15) is 5.69 Å². The highest BCUT2D eigenvalue weighted by molar-refractivity contribution is 7.89. The molecule has 3 rings (SSSR count). The Kier molecular flexibility index (Phi) is 5.97. The van der Waals surface area contributed by atoms with E-state index in [4.69, 9.17) is 4.42 Å². The topological polar surface area (TPSA) is 92.5 Å². The van der Waals surface area contributed by atoms with Crippen LogP contribution in [0.1, 0.15) is 29.9 Å². The van der Waals surface area contributed by atoms with E-state index < -0.39 is 10.0 Å². The Bertz CT molecular complexity index is 1040. The highest BCUT2D eigenvalue weighted by Gasteiger charge is 2.22. The number of furan rings is 1. The number of nitrogens with zero attached hydrogens (tertiary/aromatic N) is 2. The van der Waals surface area contributed by atoms with Gasteiger partial charge in [0.25, 0.3) is 5.91 Å². The molecule has 0 bridgehead atoms. The predicted molar refractivity (Wildman–Crippen MR) is 108 cm³/mol. The van der Waals surface area contributed by atoms with Gasteiger partial charge in [-0.15, -0.1) is 11.3 Å². The largest absolute Gasteiger partial charge is 0.462 e. The number of rotatable bonds is 7. The molecular formula is C19H21N3O4S2. The molecule has 0 aliphatic heterocycles. The molecular weight excluding hydrogens is 398 g/mol. The van der Waals surface area contributed by atoms with Crippen LogP contribution in [0.25, 0.3) is 10.8 Å². The van der Waals surface area contributed by atoms with Gasteiger partial charge in [-0.1, -0.05) is 12.1 Å². The Morgan fingerprint density at radius 1 is 1.25 bits per heavy atom. The van der Waals surface area contributed by atoms with Gasteiger partial charge in [0, 0.05) is 25.0 Å². The van der Waals surface area contributed by atoms with Crippen LogP contribution in [0.5, 0.6) is 0 Å². The molecule has 0 fully saturated rings. The highest BCUT2D eigenvalue weighted by Crippen LogP contribution is 2.24. The molecule has 0 saturated carbocycles. The zero-order chi connectivity index (χ0) is 20.3. The number of sulfonamides is 1. The molecule has 7 nitrogen and oxygen atoms in total. The normalized spacial score (nSPS) is 11.9. The molecule has 0 radical (unpaired) electrons. The van der Waals surface area contributed by atoms with Crippen LogP contribution >= 0.6 is 11.3 Å². The van der Waals surface area contributed by atoms with Crippen molar-refractivity contribution in [3.05, 3.63) is 59.3 Å². The van der Waals surface area contributed by atoms with Crippen LogP contribution in [-0.2, 0) is 16.6 Å². The summed E-state index contributed by atoms with van der Waals surface area (Å²) in [5, 5.41) is 5.10. The Morgan fingerprint density at radius 3 is 2.57 bits per heavy atom. The number of amides is 1. The van der Waals surface area contributed by atoms with Gasteiger partial charge in [-0.25, -0.2) is 13.4 Å². The van der Waals surface area contributed by atoms with E-state index >= 15 is 0 Å². The molecule has 1 amide bonds. The maximum atomic E-state index is 12.5. The summed E-state index contributed by atoms with van der Waals surface area (Å²) >= 11 is 1.33. The Balaban J connectivity index is 1.63. The lowest BCUT2D eigenvalue weighted by atomic mass is 10.2. The molecule has 1 aromatic carbocycles. The van der Waals surface area contributed by atoms with Crippen molar-refractivity contribution in [3.8, 4) is 10.8 Å². The maximum absolute atomic E-state index is 12.5. The molecule has 0 atom stereocenters. The minimum Gasteiger partial charge on any atom is -0.462 e. The lowest BCUT2D eigenvalue weighted by Gasteiger charge is -2.21. The molecule has 0 spiro atoms. The van der Waals surface area contributed by atoms with Crippen molar-refractivity contribution in [2.45, 2.75) is 31.3 Å². The van der Waals surface area contributed by atoms with Gasteiger partial charge in [0.05, 0.1) is 11.2 Å². The fourth-order valence-corrected chi connectivity index (χ4v) is 4.52. The Morgan fingerprint density at radius 2 is 1.96 bits per heavy atom. The molecule has 28 heavy (non-hydrogen) atoms. The van der Waals surface area contributed by atoms with Crippen LogP contribution in [0.15, 0.2) is 57.4 Å². The van der Waals surface area contributed by atoms with Crippen molar-refractivity contribution in [3.63, 3.8) is 0 Å². The summed E-state index contributed by atoms with van der Waals surface area (Å²) in [6.45, 7) is 3.90. The first-order valence-electron chi connectivity index (χ1n) is 8.63. The van der Waals surface area contributed by atoms with Crippen LogP contribution in [0.3, 0.4) is 0 Å². The molecule has 0 aliphatic carbocycles. The van der Waals surface area contributed by atoms with E-state index in [0.29, 0.717) is 16.5 Å². The molecule has 0 aliphatic rings. The van der Waals surface area contributed by atoms with Crippen molar-refractivity contribution in [1.82, 2.24) is 14.6 Å². The van der Waals surface area contributed by atoms with Gasteiger partial charge in [-0.2, -0.15) is 4.31 Å². The van der Waals surface area contributed by atoms with E-state index in [-0.39, 0.29) is 23.4 Å². The average molecular weight is 420 g/mol. The predicted octanol–water partition coefficient (Wildman–Crippen LogP) is 3.36. The number of carbonyl (C=O) groups is 1. The summed E-state index contributed by atoms with van der Waals surface area (Å²) < 4.78 is 31.6. The zero-order valence-electron chi connectivity index (χ0n) is 15.7. The summed E-state index contributed by atoms with van der Waals surface area (Å²) in [5.74, 6) is 0.317. The van der Waals surface area contributed by atoms with Crippen molar-refractivity contribution < 1.29 is 17.6 Å². The number of nitrogens with one attached hydrogen (secondary N) is 1. The summed E-state index contributed by atoms with van der Waals surface area (Å²) in [4.78, 5) is 16.8. The van der Waals surface area contributed by atoms with Gasteiger partial charge in [0.15, 0.2) is 10.8 Å². The molecule has 9 heteroatoms. The van der Waals surface area contributed by atoms with Crippen molar-refractivity contribution >= 4 is 27.3 Å². The van der Waals surface area contributed by atoms with Gasteiger partial charge < -0.3 is 9.73 Å². The number of benzene rings is 1. The second-order valence-corrected chi connectivity index (χ2v) is 9.31. The molecule has 0 unspecified atom stereocenters. The van der Waals surface area contributed by atoms with Gasteiger partial charge in [0.2, 0.25) is 10.0 Å². The van der Waals surface area contributed by atoms with E-state index in [1.54, 1.807) is 55.1 Å². The molecule has 3 aromatic rings. The van der Waals surface area contributed by atoms with Crippen molar-refractivity contribution in [1.29, 1.82) is 0 Å². The zero-order valence-corrected chi connectivity index (χ0v) is 17.4. The first kappa shape index (κ1) is 20.2. The third-order valence-electron chi connectivity index (χ3n) is 4.25. The number of aromatic nitrogens is 1. The van der Waals surface area contributed by atoms with E-state index in [2.05, 4.69) is 10.3 Å². The third kappa shape index (κ3) is 4.32. The highest BCUT2D eigenvalue weighted by atomic mass is 32.2. The minimum atomic E-state index is -3.52. The van der Waals surface area contributed by atoms with Crippen LogP contribution in [0.4, 0.5) is 0 Å². The van der Waals surface area contributed by atoms with Crippen LogP contribution in [0.2, 0.25) is 0 Å². The number of carbonyl (C=O) groups excluding carboxylic acids is 1. The second kappa shape index (κ2) is 8.26. The Labute approximate surface area is 168 Å². The summed E-state index contributed by atoms with van der Waals surface area (Å²) in [5.41, 5.74) is 1.11. The lowest BCUT2D eigenvalue weighted by molar-refractivity contribution is 0.0946. The molecule has 2 heterocycles. The van der Waals surface area contributed by atoms with E-state index in [9.17, 15) is 13.2 Å². The first-order chi connectivity index (χ1) is 13.3. The van der Waals surface area contributed by atoms with Crippen LogP contribution in [-0.4, -0.2) is 36.7 Å². The Hall–Kier alpha value is -2.49. The quantitative estimate of drug-likeness (QED) is 0.634. The monoisotopic (exact) mass is 419 g/mol. The van der Waals surface area contributed by atoms with Crippen molar-refractivity contribution in [2.24, 2.45) is 0 Å². The minimum absolute atomic E-state index is 0.131. The van der Waals surface area contributed by atoms with Gasteiger partial charge in [-0.3, -0.25) is 4.79 Å². The third-order valence-corrected chi connectivity index (χ3v) is 7.15. The number of thiazole rings is 1. The number of hydrogen-bond donors (Lipinski definition) is 1. The second-order valence-electron chi connectivity index (χ2n) is 6.46. The molecule has 2 aromatic heterocycles. The fraction of sp³-hybridized carbons (Fsp3) is 0.263. The van der Waals surface area contributed by atoms with Gasteiger partial charge in [-0.05, 0) is 43.7 Å². The maximum Gasteiger partial charge on any atom is 0.271 e. The van der Waals surface area contributed by atoms with Crippen LogP contribution < -0.4 is 5.32 Å².